The van der Waals surface area contributed by atoms with Crippen LogP contribution in [-0.4, -0.2) is 29.9 Å². The molecule has 1 N–H and O–H groups in total. The molecule has 0 unspecified atom stereocenters. The summed E-state index contributed by atoms with van der Waals surface area (Å²) < 4.78 is 5.61. The quantitative estimate of drug-likeness (QED) is 0.702. The van der Waals surface area contributed by atoms with E-state index in [2.05, 4.69) is 0 Å². The standard InChI is InChI=1S/C19H10O7/c20-7-12-11(19(24)25)6-15-16(13(12)8-21)17(23)14(9-22)18(26-15)10-4-2-1-3-5-10/h1-9H,(H,24,25). The summed E-state index contributed by atoms with van der Waals surface area (Å²) in [6, 6.07) is 9.28. The molecule has 2 aromatic carbocycles. The highest BCUT2D eigenvalue weighted by atomic mass is 16.4. The van der Waals surface area contributed by atoms with Crippen molar-refractivity contribution in [2.24, 2.45) is 0 Å². The lowest BCUT2D eigenvalue weighted by Crippen LogP contribution is -2.15. The Hall–Kier alpha value is -3.87. The van der Waals surface area contributed by atoms with Gasteiger partial charge in [-0.15, -0.1) is 0 Å². The van der Waals surface area contributed by atoms with Gasteiger partial charge in [0.25, 0.3) is 0 Å². The van der Waals surface area contributed by atoms with Crippen LogP contribution in [0, 0.1) is 0 Å². The molecule has 1 aromatic heterocycles. The smallest absolute Gasteiger partial charge is 0.336 e. The van der Waals surface area contributed by atoms with Gasteiger partial charge in [0.15, 0.2) is 18.9 Å². The highest BCUT2D eigenvalue weighted by Crippen LogP contribution is 2.28. The Morgan fingerprint density at radius 1 is 0.923 bits per heavy atom. The minimum atomic E-state index is -1.46. The lowest BCUT2D eigenvalue weighted by molar-refractivity contribution is 0.0693. The number of benzene rings is 2. The first kappa shape index (κ1) is 17.0. The van der Waals surface area contributed by atoms with Crippen LogP contribution >= 0.6 is 0 Å². The van der Waals surface area contributed by atoms with Crippen LogP contribution in [0.5, 0.6) is 0 Å². The molecular formula is C19H10O7. The second-order valence-corrected chi connectivity index (χ2v) is 5.32. The molecule has 0 amide bonds. The SMILES string of the molecule is O=Cc1c(C(=O)O)cc2oc(-c3ccccc3)c(C=O)c(=O)c2c1C=O. The van der Waals surface area contributed by atoms with Crippen LogP contribution in [0.2, 0.25) is 0 Å². The van der Waals surface area contributed by atoms with Crippen LogP contribution in [0.4, 0.5) is 0 Å². The van der Waals surface area contributed by atoms with E-state index < -0.39 is 28.1 Å². The highest BCUT2D eigenvalue weighted by molar-refractivity contribution is 6.11. The molecule has 0 aliphatic carbocycles. The van der Waals surface area contributed by atoms with Crippen molar-refractivity contribution in [1.82, 2.24) is 0 Å². The van der Waals surface area contributed by atoms with Crippen molar-refractivity contribution >= 4 is 35.8 Å². The molecule has 0 fully saturated rings. The van der Waals surface area contributed by atoms with Gasteiger partial charge in [-0.2, -0.15) is 0 Å². The summed E-state index contributed by atoms with van der Waals surface area (Å²) in [7, 11) is 0. The van der Waals surface area contributed by atoms with Crippen molar-refractivity contribution in [3.63, 3.8) is 0 Å². The van der Waals surface area contributed by atoms with E-state index in [1.54, 1.807) is 30.3 Å². The second-order valence-electron chi connectivity index (χ2n) is 5.32. The fraction of sp³-hybridized carbons (Fsp3) is 0. The summed E-state index contributed by atoms with van der Waals surface area (Å²) in [5.41, 5.74) is -2.27. The zero-order valence-electron chi connectivity index (χ0n) is 13.1. The maximum atomic E-state index is 12.8. The monoisotopic (exact) mass is 350 g/mol. The van der Waals surface area contributed by atoms with Crippen LogP contribution in [-0.2, 0) is 0 Å². The molecule has 7 nitrogen and oxygen atoms in total. The van der Waals surface area contributed by atoms with Crippen LogP contribution in [0.25, 0.3) is 22.3 Å². The molecule has 0 saturated heterocycles. The number of aldehydes is 3. The number of hydrogen-bond acceptors (Lipinski definition) is 6. The minimum absolute atomic E-state index is 0.0508. The predicted molar refractivity (Wildman–Crippen MR) is 91.0 cm³/mol. The first-order valence-electron chi connectivity index (χ1n) is 7.35. The van der Waals surface area contributed by atoms with Gasteiger partial charge in [0.1, 0.15) is 16.9 Å². The molecule has 128 valence electrons. The van der Waals surface area contributed by atoms with Gasteiger partial charge < -0.3 is 9.52 Å². The van der Waals surface area contributed by atoms with Gasteiger partial charge in [-0.25, -0.2) is 4.79 Å². The van der Waals surface area contributed by atoms with Gasteiger partial charge >= 0.3 is 5.97 Å². The summed E-state index contributed by atoms with van der Waals surface area (Å²) in [6.45, 7) is 0. The maximum absolute atomic E-state index is 12.8. The third-order valence-electron chi connectivity index (χ3n) is 3.92. The van der Waals surface area contributed by atoms with Crippen molar-refractivity contribution < 1.29 is 28.7 Å². The van der Waals surface area contributed by atoms with E-state index in [0.29, 0.717) is 11.8 Å². The molecule has 0 saturated carbocycles. The molecule has 0 atom stereocenters. The molecule has 0 spiro atoms. The Balaban J connectivity index is 2.56. The largest absolute Gasteiger partial charge is 0.478 e. The third-order valence-corrected chi connectivity index (χ3v) is 3.92. The van der Waals surface area contributed by atoms with Crippen molar-refractivity contribution in [2.75, 3.05) is 0 Å². The topological polar surface area (TPSA) is 119 Å². The number of carboxylic acid groups (broad SMARTS) is 1. The Bertz CT molecular complexity index is 1120. The van der Waals surface area contributed by atoms with Crippen molar-refractivity contribution in [3.8, 4) is 11.3 Å². The third kappa shape index (κ3) is 2.51. The lowest BCUT2D eigenvalue weighted by Gasteiger charge is -2.10. The first-order chi connectivity index (χ1) is 12.5. The Kier molecular flexibility index (Phi) is 4.28. The van der Waals surface area contributed by atoms with Crippen LogP contribution in [0.15, 0.2) is 45.6 Å². The summed E-state index contributed by atoms with van der Waals surface area (Å²) in [6.07, 6.45) is 0.678. The zero-order valence-corrected chi connectivity index (χ0v) is 13.1. The number of fused-ring (bicyclic) bond motifs is 1. The van der Waals surface area contributed by atoms with E-state index in [1.807, 2.05) is 0 Å². The summed E-state index contributed by atoms with van der Waals surface area (Å²) >= 11 is 0. The molecule has 7 heteroatoms. The van der Waals surface area contributed by atoms with E-state index in [4.69, 9.17) is 4.42 Å². The van der Waals surface area contributed by atoms with Crippen LogP contribution < -0.4 is 5.43 Å². The van der Waals surface area contributed by atoms with Gasteiger partial charge in [0.05, 0.1) is 10.9 Å². The fourth-order valence-electron chi connectivity index (χ4n) is 2.75. The fourth-order valence-corrected chi connectivity index (χ4v) is 2.75. The van der Waals surface area contributed by atoms with Gasteiger partial charge in [0, 0.05) is 16.7 Å². The van der Waals surface area contributed by atoms with E-state index in [9.17, 15) is 29.1 Å². The molecule has 3 aromatic rings. The average molecular weight is 350 g/mol. The molecular weight excluding hydrogens is 340 g/mol. The van der Waals surface area contributed by atoms with Gasteiger partial charge in [-0.1, -0.05) is 30.3 Å². The average Bonchev–Trinajstić information content (AvgIpc) is 2.66. The summed E-state index contributed by atoms with van der Waals surface area (Å²) in [5, 5.41) is 8.97. The van der Waals surface area contributed by atoms with Crippen molar-refractivity contribution in [2.45, 2.75) is 0 Å². The van der Waals surface area contributed by atoms with E-state index in [1.165, 1.54) is 0 Å². The summed E-state index contributed by atoms with van der Waals surface area (Å²) in [5.74, 6) is -1.51. The van der Waals surface area contributed by atoms with E-state index >= 15 is 0 Å². The minimum Gasteiger partial charge on any atom is -0.478 e. The molecule has 0 aliphatic heterocycles. The molecule has 3 rings (SSSR count). The van der Waals surface area contributed by atoms with E-state index in [0.717, 1.165) is 6.07 Å². The zero-order chi connectivity index (χ0) is 18.8. The number of hydrogen-bond donors (Lipinski definition) is 1. The Labute approximate surface area is 145 Å². The second kappa shape index (κ2) is 6.56. The molecule has 26 heavy (non-hydrogen) atoms. The number of carbonyl (C=O) groups excluding carboxylic acids is 3. The number of rotatable bonds is 5. The maximum Gasteiger partial charge on any atom is 0.336 e. The van der Waals surface area contributed by atoms with Crippen LogP contribution in [0.1, 0.15) is 41.4 Å². The van der Waals surface area contributed by atoms with Crippen molar-refractivity contribution in [3.05, 3.63) is 68.9 Å². The number of carbonyl (C=O) groups is 4. The number of aromatic carboxylic acids is 1. The predicted octanol–water partition coefficient (Wildman–Crippen LogP) is 2.60. The molecule has 0 bridgehead atoms. The normalized spacial score (nSPS) is 10.5. The summed E-state index contributed by atoms with van der Waals surface area (Å²) in [4.78, 5) is 58.4. The molecule has 0 aliphatic rings. The molecule has 0 radical (unpaired) electrons. The van der Waals surface area contributed by atoms with E-state index in [-0.39, 0.29) is 34.9 Å². The van der Waals surface area contributed by atoms with Gasteiger partial charge in [-0.05, 0) is 6.07 Å². The van der Waals surface area contributed by atoms with Gasteiger partial charge in [0.2, 0.25) is 5.43 Å². The Morgan fingerprint density at radius 2 is 1.54 bits per heavy atom. The lowest BCUT2D eigenvalue weighted by atomic mass is 9.96. The Morgan fingerprint density at radius 3 is 2.08 bits per heavy atom. The van der Waals surface area contributed by atoms with Gasteiger partial charge in [-0.3, -0.25) is 19.2 Å². The first-order valence-corrected chi connectivity index (χ1v) is 7.35. The van der Waals surface area contributed by atoms with Crippen molar-refractivity contribution in [1.29, 1.82) is 0 Å². The number of carboxylic acids is 1. The highest BCUT2D eigenvalue weighted by Gasteiger charge is 2.24. The van der Waals surface area contributed by atoms with Crippen LogP contribution in [0.3, 0.4) is 0 Å². The molecule has 1 heterocycles.